The summed E-state index contributed by atoms with van der Waals surface area (Å²) in [6.45, 7) is 8.15. The maximum atomic E-state index is 12.9. The minimum absolute atomic E-state index is 0.0801. The number of carbonyl (C=O) groups excluding carboxylic acids is 2. The third-order valence-electron chi connectivity index (χ3n) is 5.76. The van der Waals surface area contributed by atoms with Gasteiger partial charge in [0.1, 0.15) is 5.75 Å². The van der Waals surface area contributed by atoms with Gasteiger partial charge in [-0.25, -0.2) is 0 Å². The van der Waals surface area contributed by atoms with Crippen LogP contribution in [-0.2, 0) is 9.59 Å². The summed E-state index contributed by atoms with van der Waals surface area (Å²) in [6, 6.07) is 15.7. The Morgan fingerprint density at radius 3 is 2.31 bits per heavy atom. The third kappa shape index (κ3) is 6.47. The first-order valence-electron chi connectivity index (χ1n) is 11.2. The molecule has 0 unspecified atom stereocenters. The Bertz CT molecular complexity index is 892. The molecule has 0 atom stereocenters. The molecule has 0 aromatic heterocycles. The lowest BCUT2D eigenvalue weighted by Gasteiger charge is -2.37. The van der Waals surface area contributed by atoms with Crippen LogP contribution in [0.2, 0.25) is 0 Å². The molecular weight excluding hydrogens is 404 g/mol. The number of anilines is 2. The summed E-state index contributed by atoms with van der Waals surface area (Å²) >= 11 is 0. The topological polar surface area (TPSA) is 65.1 Å². The number of amides is 2. The number of nitrogens with zero attached hydrogens (tertiary/aromatic N) is 3. The van der Waals surface area contributed by atoms with Crippen molar-refractivity contribution >= 4 is 23.2 Å². The zero-order valence-electron chi connectivity index (χ0n) is 19.3. The van der Waals surface area contributed by atoms with Gasteiger partial charge in [0.25, 0.3) is 0 Å². The number of hydrogen-bond donors (Lipinski definition) is 1. The molecule has 0 bridgehead atoms. The molecule has 3 rings (SSSR count). The highest BCUT2D eigenvalue weighted by atomic mass is 16.5. The highest BCUT2D eigenvalue weighted by Crippen LogP contribution is 2.20. The van der Waals surface area contributed by atoms with E-state index in [1.807, 2.05) is 65.3 Å². The lowest BCUT2D eigenvalue weighted by Crippen LogP contribution is -2.52. The molecule has 1 saturated heterocycles. The number of para-hydroxylation sites is 1. The lowest BCUT2D eigenvalue weighted by atomic mass is 10.2. The molecule has 1 aliphatic heterocycles. The van der Waals surface area contributed by atoms with Crippen LogP contribution in [0.5, 0.6) is 5.75 Å². The van der Waals surface area contributed by atoms with Gasteiger partial charge < -0.3 is 19.9 Å². The molecule has 1 N–H and O–H groups in total. The van der Waals surface area contributed by atoms with E-state index in [1.54, 1.807) is 7.11 Å². The first-order valence-corrected chi connectivity index (χ1v) is 11.2. The van der Waals surface area contributed by atoms with Crippen molar-refractivity contribution in [1.82, 2.24) is 9.80 Å². The average Bonchev–Trinajstić information content (AvgIpc) is 2.81. The molecule has 0 radical (unpaired) electrons. The van der Waals surface area contributed by atoms with Gasteiger partial charge in [-0.1, -0.05) is 25.1 Å². The number of hydrogen-bond acceptors (Lipinski definition) is 5. The van der Waals surface area contributed by atoms with E-state index in [9.17, 15) is 9.59 Å². The van der Waals surface area contributed by atoms with E-state index in [0.717, 1.165) is 42.2 Å². The number of methoxy groups -OCH3 is 1. The van der Waals surface area contributed by atoms with Crippen LogP contribution in [0.4, 0.5) is 11.4 Å². The predicted molar refractivity (Wildman–Crippen MR) is 128 cm³/mol. The number of aryl methyl sites for hydroxylation is 1. The van der Waals surface area contributed by atoms with Crippen LogP contribution in [0.25, 0.3) is 0 Å². The smallest absolute Gasteiger partial charge is 0.238 e. The molecule has 32 heavy (non-hydrogen) atoms. The summed E-state index contributed by atoms with van der Waals surface area (Å²) in [7, 11) is 1.66. The third-order valence-corrected chi connectivity index (χ3v) is 5.76. The Kier molecular flexibility index (Phi) is 8.50. The molecule has 1 aliphatic rings. The molecule has 0 saturated carbocycles. The maximum Gasteiger partial charge on any atom is 0.238 e. The summed E-state index contributed by atoms with van der Waals surface area (Å²) in [4.78, 5) is 31.6. The summed E-state index contributed by atoms with van der Waals surface area (Å²) in [6.07, 6.45) is 0.885. The molecule has 0 aliphatic carbocycles. The first-order chi connectivity index (χ1) is 15.5. The number of ether oxygens (including phenoxy) is 1. The van der Waals surface area contributed by atoms with E-state index in [2.05, 4.69) is 17.1 Å². The van der Waals surface area contributed by atoms with E-state index in [-0.39, 0.29) is 24.9 Å². The quantitative estimate of drug-likeness (QED) is 0.652. The van der Waals surface area contributed by atoms with E-state index in [4.69, 9.17) is 4.74 Å². The molecule has 2 aromatic carbocycles. The molecule has 1 fully saturated rings. The first kappa shape index (κ1) is 23.6. The molecule has 172 valence electrons. The maximum absolute atomic E-state index is 12.9. The van der Waals surface area contributed by atoms with Gasteiger partial charge in [0, 0.05) is 37.6 Å². The molecule has 2 aromatic rings. The van der Waals surface area contributed by atoms with Gasteiger partial charge in [0.15, 0.2) is 0 Å². The van der Waals surface area contributed by atoms with Gasteiger partial charge in [-0.05, 0) is 55.8 Å². The van der Waals surface area contributed by atoms with Crippen molar-refractivity contribution in [2.45, 2.75) is 20.3 Å². The molecule has 7 heteroatoms. The van der Waals surface area contributed by atoms with E-state index in [0.29, 0.717) is 19.6 Å². The van der Waals surface area contributed by atoms with Crippen LogP contribution in [0, 0.1) is 6.92 Å². The normalized spacial score (nSPS) is 13.9. The number of nitrogens with one attached hydrogen (secondary N) is 1. The van der Waals surface area contributed by atoms with Gasteiger partial charge in [0.2, 0.25) is 11.8 Å². The number of benzene rings is 2. The van der Waals surface area contributed by atoms with E-state index < -0.39 is 0 Å². The van der Waals surface area contributed by atoms with Crippen molar-refractivity contribution in [2.24, 2.45) is 0 Å². The zero-order chi connectivity index (χ0) is 22.9. The second-order valence-corrected chi connectivity index (χ2v) is 8.14. The van der Waals surface area contributed by atoms with E-state index in [1.165, 1.54) is 0 Å². The Hall–Kier alpha value is -3.06. The molecular formula is C25H34N4O3. The van der Waals surface area contributed by atoms with Crippen molar-refractivity contribution in [2.75, 3.05) is 63.1 Å². The van der Waals surface area contributed by atoms with Crippen LogP contribution in [-0.4, -0.2) is 74.5 Å². The van der Waals surface area contributed by atoms with Crippen LogP contribution >= 0.6 is 0 Å². The predicted octanol–water partition coefficient (Wildman–Crippen LogP) is 3.00. The average molecular weight is 439 g/mol. The number of carbonyl (C=O) groups is 2. The molecule has 0 spiro atoms. The van der Waals surface area contributed by atoms with Crippen LogP contribution in [0.15, 0.2) is 48.5 Å². The summed E-state index contributed by atoms with van der Waals surface area (Å²) in [5.74, 6) is 0.825. The van der Waals surface area contributed by atoms with Gasteiger partial charge >= 0.3 is 0 Å². The monoisotopic (exact) mass is 438 g/mol. The summed E-state index contributed by atoms with van der Waals surface area (Å²) in [5, 5.41) is 2.96. The standard InChI is InChI=1S/C25H34N4O3/c1-4-13-27(18-24(30)26-23-8-6-5-7-20(23)2)19-25(31)29-16-14-28(15-17-29)21-9-11-22(32-3)12-10-21/h5-12H,4,13-19H2,1-3H3,(H,26,30). The molecule has 2 amide bonds. The Balaban J connectivity index is 1.50. The minimum Gasteiger partial charge on any atom is -0.497 e. The van der Waals surface area contributed by atoms with Crippen molar-refractivity contribution < 1.29 is 14.3 Å². The second-order valence-electron chi connectivity index (χ2n) is 8.14. The van der Waals surface area contributed by atoms with Gasteiger partial charge in [0.05, 0.1) is 20.2 Å². The fraction of sp³-hybridized carbons (Fsp3) is 0.440. The van der Waals surface area contributed by atoms with Crippen molar-refractivity contribution in [3.05, 3.63) is 54.1 Å². The summed E-state index contributed by atoms with van der Waals surface area (Å²) < 4.78 is 5.22. The van der Waals surface area contributed by atoms with Gasteiger partial charge in [-0.15, -0.1) is 0 Å². The van der Waals surface area contributed by atoms with E-state index >= 15 is 0 Å². The van der Waals surface area contributed by atoms with Crippen LogP contribution in [0.1, 0.15) is 18.9 Å². The lowest BCUT2D eigenvalue weighted by molar-refractivity contribution is -0.133. The highest BCUT2D eigenvalue weighted by Gasteiger charge is 2.23. The Labute approximate surface area is 190 Å². The second kappa shape index (κ2) is 11.5. The molecule has 7 nitrogen and oxygen atoms in total. The van der Waals surface area contributed by atoms with Crippen molar-refractivity contribution in [3.8, 4) is 5.75 Å². The fourth-order valence-electron chi connectivity index (χ4n) is 3.93. The summed E-state index contributed by atoms with van der Waals surface area (Å²) in [5.41, 5.74) is 2.97. The van der Waals surface area contributed by atoms with Crippen LogP contribution in [0.3, 0.4) is 0 Å². The Morgan fingerprint density at radius 1 is 1.00 bits per heavy atom. The van der Waals surface area contributed by atoms with Crippen molar-refractivity contribution in [3.63, 3.8) is 0 Å². The minimum atomic E-state index is -0.0927. The Morgan fingerprint density at radius 2 is 1.69 bits per heavy atom. The zero-order valence-corrected chi connectivity index (χ0v) is 19.3. The largest absolute Gasteiger partial charge is 0.497 e. The fourth-order valence-corrected chi connectivity index (χ4v) is 3.93. The van der Waals surface area contributed by atoms with Gasteiger partial charge in [-0.3, -0.25) is 14.5 Å². The van der Waals surface area contributed by atoms with Crippen molar-refractivity contribution in [1.29, 1.82) is 0 Å². The van der Waals surface area contributed by atoms with Gasteiger partial charge in [-0.2, -0.15) is 0 Å². The molecule has 1 heterocycles. The number of rotatable bonds is 9. The number of piperazine rings is 1. The SMILES string of the molecule is CCCN(CC(=O)Nc1ccccc1C)CC(=O)N1CCN(c2ccc(OC)cc2)CC1. The highest BCUT2D eigenvalue weighted by molar-refractivity contribution is 5.93. The van der Waals surface area contributed by atoms with Crippen LogP contribution < -0.4 is 15.0 Å².